The van der Waals surface area contributed by atoms with Crippen LogP contribution >= 0.6 is 0 Å². The second-order valence-electron chi connectivity index (χ2n) is 5.90. The largest absolute Gasteiger partial charge is 0.508 e. The van der Waals surface area contributed by atoms with Gasteiger partial charge in [0.25, 0.3) is 0 Å². The van der Waals surface area contributed by atoms with E-state index in [1.165, 1.54) is 0 Å². The molecule has 1 heterocycles. The fraction of sp³-hybridized carbons (Fsp3) is 0.600. The van der Waals surface area contributed by atoms with Crippen LogP contribution in [0.1, 0.15) is 32.3 Å². The summed E-state index contributed by atoms with van der Waals surface area (Å²) < 4.78 is 0. The molecule has 1 N–H and O–H groups in total. The molecule has 0 aromatic heterocycles. The molecule has 0 aliphatic carbocycles. The van der Waals surface area contributed by atoms with Gasteiger partial charge in [-0.25, -0.2) is 0 Å². The van der Waals surface area contributed by atoms with E-state index in [4.69, 9.17) is 10.4 Å². The Morgan fingerprint density at radius 1 is 1.43 bits per heavy atom. The first-order valence-electron chi connectivity index (χ1n) is 7.30. The van der Waals surface area contributed by atoms with Gasteiger partial charge in [0.1, 0.15) is 5.75 Å². The summed E-state index contributed by atoms with van der Waals surface area (Å²) in [5.41, 5.74) is 9.52. The number of aromatic hydroxyl groups is 1. The number of phenols is 1. The molecule has 1 saturated heterocycles. The third-order valence-corrected chi connectivity index (χ3v) is 3.59. The van der Waals surface area contributed by atoms with Crippen LogP contribution in [0.15, 0.2) is 29.4 Å². The maximum absolute atomic E-state index is 9.34. The highest BCUT2D eigenvalue weighted by molar-refractivity contribution is 5.25. The second kappa shape index (κ2) is 7.31. The van der Waals surface area contributed by atoms with Gasteiger partial charge in [-0.3, -0.25) is 4.84 Å². The minimum absolute atomic E-state index is 0.0400. The summed E-state index contributed by atoms with van der Waals surface area (Å²) in [5.74, 6) is 0.847. The van der Waals surface area contributed by atoms with E-state index in [0.717, 1.165) is 18.4 Å². The average Bonchev–Trinajstić information content (AvgIpc) is 2.80. The maximum atomic E-state index is 9.34. The Kier molecular flexibility index (Phi) is 5.44. The number of nitrogens with zero attached hydrogens (tertiary/aromatic N) is 4. The molecule has 21 heavy (non-hydrogen) atoms. The first kappa shape index (κ1) is 15.6. The van der Waals surface area contributed by atoms with Gasteiger partial charge in [-0.15, -0.1) is 0 Å². The SMILES string of the molecule is CC(C)CC1C[C@H](CN=[N+]=[N-])ON1Cc1ccc(O)cc1. The van der Waals surface area contributed by atoms with Crippen molar-refractivity contribution in [3.63, 3.8) is 0 Å². The lowest BCUT2D eigenvalue weighted by Crippen LogP contribution is -2.29. The molecule has 0 amide bonds. The minimum atomic E-state index is -0.0400. The molecule has 1 unspecified atom stereocenters. The summed E-state index contributed by atoms with van der Waals surface area (Å²) in [5, 5.41) is 14.9. The fourth-order valence-electron chi connectivity index (χ4n) is 2.68. The Bertz CT molecular complexity index is 497. The smallest absolute Gasteiger partial charge is 0.115 e. The van der Waals surface area contributed by atoms with Gasteiger partial charge in [0.05, 0.1) is 12.6 Å². The van der Waals surface area contributed by atoms with Crippen molar-refractivity contribution in [2.24, 2.45) is 11.0 Å². The summed E-state index contributed by atoms with van der Waals surface area (Å²) in [6, 6.07) is 7.48. The van der Waals surface area contributed by atoms with Crippen LogP contribution in [-0.2, 0) is 11.4 Å². The molecule has 6 nitrogen and oxygen atoms in total. The number of azide groups is 1. The highest BCUT2D eigenvalue weighted by atomic mass is 16.7. The molecular formula is C15H22N4O2. The van der Waals surface area contributed by atoms with Crippen LogP contribution in [0.2, 0.25) is 0 Å². The van der Waals surface area contributed by atoms with Crippen molar-refractivity contribution in [1.82, 2.24) is 5.06 Å². The van der Waals surface area contributed by atoms with Gasteiger partial charge in [0.2, 0.25) is 0 Å². The maximum Gasteiger partial charge on any atom is 0.115 e. The summed E-state index contributed by atoms with van der Waals surface area (Å²) in [4.78, 5) is 8.72. The van der Waals surface area contributed by atoms with Crippen molar-refractivity contribution >= 4 is 0 Å². The first-order valence-corrected chi connectivity index (χ1v) is 7.30. The van der Waals surface area contributed by atoms with Crippen molar-refractivity contribution in [1.29, 1.82) is 0 Å². The summed E-state index contributed by atoms with van der Waals surface area (Å²) in [6.07, 6.45) is 1.89. The monoisotopic (exact) mass is 290 g/mol. The van der Waals surface area contributed by atoms with E-state index in [0.29, 0.717) is 25.0 Å². The van der Waals surface area contributed by atoms with Gasteiger partial charge in [-0.1, -0.05) is 31.1 Å². The third kappa shape index (κ3) is 4.63. The summed E-state index contributed by atoms with van der Waals surface area (Å²) in [7, 11) is 0. The standard InChI is InChI=1S/C15H22N4O2/c1-11(2)7-13-8-15(9-17-18-16)21-19(13)10-12-3-5-14(20)6-4-12/h3-6,11,13,15,20H,7-10H2,1-2H3/t13?,15-/m1/s1. The number of phenolic OH excluding ortho intramolecular Hbond substituents is 1. The van der Waals surface area contributed by atoms with Gasteiger partial charge < -0.3 is 5.11 Å². The van der Waals surface area contributed by atoms with Crippen LogP contribution in [0.3, 0.4) is 0 Å². The first-order chi connectivity index (χ1) is 10.1. The van der Waals surface area contributed by atoms with Crippen molar-refractivity contribution in [2.45, 2.75) is 45.4 Å². The lowest BCUT2D eigenvalue weighted by atomic mass is 9.99. The number of hydroxylamine groups is 2. The van der Waals surface area contributed by atoms with Crippen molar-refractivity contribution < 1.29 is 9.94 Å². The van der Waals surface area contributed by atoms with Gasteiger partial charge in [0, 0.05) is 17.5 Å². The van der Waals surface area contributed by atoms with Crippen molar-refractivity contribution in [2.75, 3.05) is 6.54 Å². The van der Waals surface area contributed by atoms with Crippen LogP contribution in [0.5, 0.6) is 5.75 Å². The molecule has 114 valence electrons. The zero-order chi connectivity index (χ0) is 15.2. The molecule has 1 aromatic carbocycles. The molecule has 0 spiro atoms. The van der Waals surface area contributed by atoms with Crippen molar-refractivity contribution in [3.05, 3.63) is 40.3 Å². The van der Waals surface area contributed by atoms with Gasteiger partial charge >= 0.3 is 0 Å². The number of benzene rings is 1. The molecule has 0 saturated carbocycles. The van der Waals surface area contributed by atoms with E-state index in [2.05, 4.69) is 23.9 Å². The molecule has 0 radical (unpaired) electrons. The third-order valence-electron chi connectivity index (χ3n) is 3.59. The van der Waals surface area contributed by atoms with E-state index in [-0.39, 0.29) is 11.9 Å². The normalized spacial score (nSPS) is 22.4. The quantitative estimate of drug-likeness (QED) is 0.493. The zero-order valence-electron chi connectivity index (χ0n) is 12.5. The Morgan fingerprint density at radius 2 is 2.14 bits per heavy atom. The molecular weight excluding hydrogens is 268 g/mol. The van der Waals surface area contributed by atoms with Crippen molar-refractivity contribution in [3.8, 4) is 5.75 Å². The average molecular weight is 290 g/mol. The molecule has 1 aromatic rings. The molecule has 2 rings (SSSR count). The molecule has 6 heteroatoms. The van der Waals surface area contributed by atoms with Crippen LogP contribution in [0.4, 0.5) is 0 Å². The van der Waals surface area contributed by atoms with E-state index >= 15 is 0 Å². The molecule has 1 fully saturated rings. The van der Waals surface area contributed by atoms with Gasteiger partial charge in [0.15, 0.2) is 0 Å². The van der Waals surface area contributed by atoms with Gasteiger partial charge in [-0.05, 0) is 42.0 Å². The highest BCUT2D eigenvalue weighted by Crippen LogP contribution is 2.28. The van der Waals surface area contributed by atoms with Gasteiger partial charge in [-0.2, -0.15) is 5.06 Å². The predicted molar refractivity (Wildman–Crippen MR) is 80.4 cm³/mol. The summed E-state index contributed by atoms with van der Waals surface area (Å²) >= 11 is 0. The minimum Gasteiger partial charge on any atom is -0.508 e. The van der Waals surface area contributed by atoms with E-state index in [1.54, 1.807) is 12.1 Å². The lowest BCUT2D eigenvalue weighted by Gasteiger charge is -2.24. The van der Waals surface area contributed by atoms with E-state index in [1.807, 2.05) is 17.2 Å². The van der Waals surface area contributed by atoms with Crippen LogP contribution in [0.25, 0.3) is 10.4 Å². The Hall–Kier alpha value is -1.75. The predicted octanol–water partition coefficient (Wildman–Crippen LogP) is 3.62. The van der Waals surface area contributed by atoms with Crippen LogP contribution in [0, 0.1) is 5.92 Å². The van der Waals surface area contributed by atoms with Crippen LogP contribution in [-0.4, -0.2) is 28.9 Å². The number of hydrogen-bond acceptors (Lipinski definition) is 4. The zero-order valence-corrected chi connectivity index (χ0v) is 12.5. The second-order valence-corrected chi connectivity index (χ2v) is 5.90. The topological polar surface area (TPSA) is 81.5 Å². The Morgan fingerprint density at radius 3 is 2.76 bits per heavy atom. The summed E-state index contributed by atoms with van der Waals surface area (Å²) in [6.45, 7) is 5.43. The molecule has 2 atom stereocenters. The van der Waals surface area contributed by atoms with Crippen LogP contribution < -0.4 is 0 Å². The number of rotatable bonds is 6. The number of hydrogen-bond donors (Lipinski definition) is 1. The Labute approximate surface area is 124 Å². The highest BCUT2D eigenvalue weighted by Gasteiger charge is 2.33. The van der Waals surface area contributed by atoms with E-state index in [9.17, 15) is 5.11 Å². The lowest BCUT2D eigenvalue weighted by molar-refractivity contribution is -0.168. The van der Waals surface area contributed by atoms with E-state index < -0.39 is 0 Å². The molecule has 1 aliphatic rings. The molecule has 0 bridgehead atoms. The fourth-order valence-corrected chi connectivity index (χ4v) is 2.68. The molecule has 1 aliphatic heterocycles. The Balaban J connectivity index is 2.02.